The topological polar surface area (TPSA) is 75.4 Å². The maximum absolute atomic E-state index is 13.2. The van der Waals surface area contributed by atoms with Gasteiger partial charge in [-0.15, -0.1) is 11.3 Å². The van der Waals surface area contributed by atoms with Crippen LogP contribution >= 0.6 is 11.3 Å². The van der Waals surface area contributed by atoms with Crippen LogP contribution in [0, 0.1) is 20.8 Å². The Labute approximate surface area is 191 Å². The number of carbonyl (C=O) groups excluding carboxylic acids is 1. The number of fused-ring (bicyclic) bond motifs is 1. The summed E-state index contributed by atoms with van der Waals surface area (Å²) in [5, 5.41) is 6.31. The number of aromatic nitrogens is 4. The molecular weight excluding hydrogens is 420 g/mol. The average molecular weight is 447 g/mol. The van der Waals surface area contributed by atoms with E-state index in [1.807, 2.05) is 66.0 Å². The number of thiazole rings is 1. The first-order chi connectivity index (χ1) is 15.4. The monoisotopic (exact) mass is 446 g/mol. The van der Waals surface area contributed by atoms with Crippen molar-refractivity contribution in [2.45, 2.75) is 39.5 Å². The molecule has 0 spiro atoms. The lowest BCUT2D eigenvalue weighted by Gasteiger charge is -2.32. The Morgan fingerprint density at radius 3 is 2.81 bits per heavy atom. The fraction of sp³-hybridized carbons (Fsp3) is 0.333. The van der Waals surface area contributed by atoms with Crippen molar-refractivity contribution < 1.29 is 4.79 Å². The summed E-state index contributed by atoms with van der Waals surface area (Å²) in [7, 11) is 0. The maximum atomic E-state index is 13.2. The molecule has 0 aliphatic carbocycles. The van der Waals surface area contributed by atoms with Gasteiger partial charge in [0.1, 0.15) is 11.3 Å². The van der Waals surface area contributed by atoms with Gasteiger partial charge in [-0.3, -0.25) is 9.78 Å². The van der Waals surface area contributed by atoms with Gasteiger partial charge in [-0.25, -0.2) is 9.97 Å². The van der Waals surface area contributed by atoms with Crippen molar-refractivity contribution in [3.63, 3.8) is 0 Å². The lowest BCUT2D eigenvalue weighted by molar-refractivity contribution is 0.0700. The summed E-state index contributed by atoms with van der Waals surface area (Å²) in [6, 6.07) is 8.13. The molecule has 7 nitrogen and oxygen atoms in total. The molecule has 0 radical (unpaired) electrons. The second-order valence-corrected chi connectivity index (χ2v) is 9.39. The molecule has 5 heterocycles. The first-order valence-corrected chi connectivity index (χ1v) is 11.7. The molecule has 1 N–H and O–H groups in total. The maximum Gasteiger partial charge on any atom is 0.274 e. The van der Waals surface area contributed by atoms with E-state index in [1.165, 1.54) is 0 Å². The molecule has 0 bridgehead atoms. The SMILES string of the molecule is Cc1ccn2cc(C(=O)N3CCC[C@@H](c4cc(Nc5nc(C)cs5)cc(C)n4)C3)nc2c1. The van der Waals surface area contributed by atoms with Gasteiger partial charge in [-0.2, -0.15) is 0 Å². The largest absolute Gasteiger partial charge is 0.337 e. The van der Waals surface area contributed by atoms with Crippen molar-refractivity contribution >= 4 is 33.7 Å². The first kappa shape index (κ1) is 20.6. The summed E-state index contributed by atoms with van der Waals surface area (Å²) in [4.78, 5) is 29.0. The predicted molar refractivity (Wildman–Crippen MR) is 127 cm³/mol. The number of nitrogens with one attached hydrogen (secondary N) is 1. The third-order valence-corrected chi connectivity index (χ3v) is 6.68. The lowest BCUT2D eigenvalue weighted by Crippen LogP contribution is -2.39. The highest BCUT2D eigenvalue weighted by Gasteiger charge is 2.28. The molecule has 8 heteroatoms. The minimum atomic E-state index is -0.0136. The molecule has 1 saturated heterocycles. The van der Waals surface area contributed by atoms with Gasteiger partial charge in [0.25, 0.3) is 5.91 Å². The Morgan fingerprint density at radius 1 is 1.12 bits per heavy atom. The highest BCUT2D eigenvalue weighted by Crippen LogP contribution is 2.30. The van der Waals surface area contributed by atoms with Gasteiger partial charge >= 0.3 is 0 Å². The van der Waals surface area contributed by atoms with Crippen molar-refractivity contribution in [3.8, 4) is 0 Å². The van der Waals surface area contributed by atoms with Gasteiger partial charge in [0, 0.05) is 53.9 Å². The molecule has 164 valence electrons. The van der Waals surface area contributed by atoms with Crippen molar-refractivity contribution in [1.29, 1.82) is 0 Å². The number of pyridine rings is 2. The number of hydrogen-bond donors (Lipinski definition) is 1. The smallest absolute Gasteiger partial charge is 0.274 e. The van der Waals surface area contributed by atoms with Crippen molar-refractivity contribution in [2.24, 2.45) is 0 Å². The van der Waals surface area contributed by atoms with E-state index in [-0.39, 0.29) is 11.8 Å². The number of aryl methyl sites for hydroxylation is 3. The quantitative estimate of drug-likeness (QED) is 0.484. The van der Waals surface area contributed by atoms with Crippen LogP contribution in [-0.4, -0.2) is 43.2 Å². The molecular formula is C24H26N6OS. The summed E-state index contributed by atoms with van der Waals surface area (Å²) in [6.07, 6.45) is 5.74. The van der Waals surface area contributed by atoms with Crippen molar-refractivity contribution in [1.82, 2.24) is 24.3 Å². The molecule has 1 aliphatic rings. The van der Waals surface area contributed by atoms with Crippen LogP contribution in [0.1, 0.15) is 51.9 Å². The molecule has 1 aliphatic heterocycles. The van der Waals surface area contributed by atoms with Crippen LogP contribution in [0.5, 0.6) is 0 Å². The first-order valence-electron chi connectivity index (χ1n) is 10.9. The van der Waals surface area contributed by atoms with E-state index in [4.69, 9.17) is 4.98 Å². The van der Waals surface area contributed by atoms with E-state index in [0.29, 0.717) is 12.2 Å². The number of likely N-dealkylation sites (tertiary alicyclic amines) is 1. The molecule has 0 aromatic carbocycles. The fourth-order valence-corrected chi connectivity index (χ4v) is 4.97. The van der Waals surface area contributed by atoms with Gasteiger partial charge in [0.05, 0.1) is 5.69 Å². The molecule has 0 saturated carbocycles. The molecule has 1 amide bonds. The van der Waals surface area contributed by atoms with E-state index >= 15 is 0 Å². The number of piperidine rings is 1. The van der Waals surface area contributed by atoms with E-state index in [0.717, 1.165) is 58.5 Å². The van der Waals surface area contributed by atoms with Crippen LogP contribution < -0.4 is 5.32 Å². The molecule has 0 unspecified atom stereocenters. The molecule has 1 atom stereocenters. The normalized spacial score (nSPS) is 16.5. The summed E-state index contributed by atoms with van der Waals surface area (Å²) in [5.41, 5.74) is 6.39. The van der Waals surface area contributed by atoms with Crippen LogP contribution in [0.25, 0.3) is 5.65 Å². The zero-order chi connectivity index (χ0) is 22.2. The zero-order valence-electron chi connectivity index (χ0n) is 18.5. The van der Waals surface area contributed by atoms with Gasteiger partial charge in [-0.1, -0.05) is 0 Å². The molecule has 1 fully saturated rings. The van der Waals surface area contributed by atoms with Crippen LogP contribution in [-0.2, 0) is 0 Å². The van der Waals surface area contributed by atoms with E-state index in [1.54, 1.807) is 11.3 Å². The van der Waals surface area contributed by atoms with Gasteiger partial charge in [0.15, 0.2) is 5.13 Å². The summed E-state index contributed by atoms with van der Waals surface area (Å²) >= 11 is 1.59. The molecule has 4 aromatic rings. The third kappa shape index (κ3) is 4.23. The summed E-state index contributed by atoms with van der Waals surface area (Å²) < 4.78 is 1.90. The van der Waals surface area contributed by atoms with Crippen LogP contribution in [0.4, 0.5) is 10.8 Å². The Balaban J connectivity index is 1.35. The number of rotatable bonds is 4. The zero-order valence-corrected chi connectivity index (χ0v) is 19.3. The van der Waals surface area contributed by atoms with Crippen molar-refractivity contribution in [2.75, 3.05) is 18.4 Å². The molecule has 32 heavy (non-hydrogen) atoms. The number of hydrogen-bond acceptors (Lipinski definition) is 6. The number of carbonyl (C=O) groups is 1. The van der Waals surface area contributed by atoms with Crippen LogP contribution in [0.3, 0.4) is 0 Å². The average Bonchev–Trinajstić information content (AvgIpc) is 3.38. The highest BCUT2D eigenvalue weighted by molar-refractivity contribution is 7.13. The second-order valence-electron chi connectivity index (χ2n) is 8.53. The Kier molecular flexibility index (Phi) is 5.38. The molecule has 4 aromatic heterocycles. The fourth-order valence-electron chi connectivity index (χ4n) is 4.26. The minimum absolute atomic E-state index is 0.0136. The Hall–Kier alpha value is -3.26. The highest BCUT2D eigenvalue weighted by atomic mass is 32.1. The summed E-state index contributed by atoms with van der Waals surface area (Å²) in [5.74, 6) is 0.186. The number of imidazole rings is 1. The lowest BCUT2D eigenvalue weighted by atomic mass is 9.93. The van der Waals surface area contributed by atoms with Crippen LogP contribution in [0.2, 0.25) is 0 Å². The predicted octanol–water partition coefficient (Wildman–Crippen LogP) is 4.87. The van der Waals surface area contributed by atoms with Crippen molar-refractivity contribution in [3.05, 3.63) is 70.4 Å². The standard InChI is InChI=1S/C24H26N6OS/c1-15-6-8-29-13-21(28-22(29)9-15)23(31)30-7-4-5-18(12-30)20-11-19(10-16(2)25-20)27-24-26-17(3)14-32-24/h6,8-11,13-14,18H,4-5,7,12H2,1-3H3,(H,25,26,27)/t18-/m1/s1. The van der Waals surface area contributed by atoms with E-state index < -0.39 is 0 Å². The van der Waals surface area contributed by atoms with Gasteiger partial charge in [0.2, 0.25) is 0 Å². The van der Waals surface area contributed by atoms with Crippen LogP contribution in [0.15, 0.2) is 42.0 Å². The van der Waals surface area contributed by atoms with E-state index in [2.05, 4.69) is 21.4 Å². The Morgan fingerprint density at radius 2 is 2.00 bits per heavy atom. The number of nitrogens with zero attached hydrogens (tertiary/aromatic N) is 5. The van der Waals surface area contributed by atoms with E-state index in [9.17, 15) is 4.79 Å². The minimum Gasteiger partial charge on any atom is -0.337 e. The third-order valence-electron chi connectivity index (χ3n) is 5.81. The number of amides is 1. The second kappa shape index (κ2) is 8.35. The number of anilines is 2. The van der Waals surface area contributed by atoms with Gasteiger partial charge in [-0.05, 0) is 63.4 Å². The van der Waals surface area contributed by atoms with Gasteiger partial charge < -0.3 is 14.6 Å². The molecule has 5 rings (SSSR count). The summed E-state index contributed by atoms with van der Waals surface area (Å²) in [6.45, 7) is 7.42. The Bertz CT molecular complexity index is 1290.